The lowest BCUT2D eigenvalue weighted by Crippen LogP contribution is -2.05. The zero-order valence-corrected chi connectivity index (χ0v) is 8.24. The quantitative estimate of drug-likeness (QED) is 0.823. The maximum atomic E-state index is 12.0. The third-order valence-electron chi connectivity index (χ3n) is 1.73. The van der Waals surface area contributed by atoms with Crippen molar-refractivity contribution in [3.63, 3.8) is 0 Å². The molecule has 1 aromatic carbocycles. The highest BCUT2D eigenvalue weighted by Gasteiger charge is 2.09. The molecule has 0 heterocycles. The lowest BCUT2D eigenvalue weighted by molar-refractivity contribution is -0.0509. The van der Waals surface area contributed by atoms with Crippen LogP contribution < -0.4 is 9.47 Å². The van der Waals surface area contributed by atoms with Gasteiger partial charge in [0.25, 0.3) is 0 Å². The van der Waals surface area contributed by atoms with Crippen molar-refractivity contribution >= 4 is 0 Å². The first-order valence-corrected chi connectivity index (χ1v) is 4.48. The molecule has 0 amide bonds. The van der Waals surface area contributed by atoms with E-state index >= 15 is 0 Å². The number of hydrogen-bond donors (Lipinski definition) is 1. The van der Waals surface area contributed by atoms with Gasteiger partial charge < -0.3 is 14.6 Å². The van der Waals surface area contributed by atoms with Gasteiger partial charge in [-0.25, -0.2) is 0 Å². The van der Waals surface area contributed by atoms with Gasteiger partial charge in [-0.2, -0.15) is 8.78 Å². The number of alkyl halides is 2. The van der Waals surface area contributed by atoms with Gasteiger partial charge in [0.1, 0.15) is 11.5 Å². The van der Waals surface area contributed by atoms with Crippen LogP contribution in [0.25, 0.3) is 0 Å². The minimum atomic E-state index is -2.90. The zero-order valence-electron chi connectivity index (χ0n) is 8.24. The average molecular weight is 218 g/mol. The van der Waals surface area contributed by atoms with Crippen LogP contribution >= 0.6 is 0 Å². The molecule has 0 bridgehead atoms. The Morgan fingerprint density at radius 1 is 1.40 bits per heavy atom. The minimum absolute atomic E-state index is 0.0315. The molecule has 5 heteroatoms. The lowest BCUT2D eigenvalue weighted by Gasteiger charge is -2.10. The van der Waals surface area contributed by atoms with E-state index in [1.165, 1.54) is 18.2 Å². The SMILES string of the molecule is CCOc1ccc(OC(F)F)c(CO)c1. The highest BCUT2D eigenvalue weighted by molar-refractivity contribution is 5.39. The number of rotatable bonds is 5. The fraction of sp³-hybridized carbons (Fsp3) is 0.400. The van der Waals surface area contributed by atoms with E-state index in [4.69, 9.17) is 9.84 Å². The Morgan fingerprint density at radius 3 is 2.67 bits per heavy atom. The van der Waals surface area contributed by atoms with Crippen LogP contribution in [0.2, 0.25) is 0 Å². The summed E-state index contributed by atoms with van der Waals surface area (Å²) in [5.41, 5.74) is 0.279. The van der Waals surface area contributed by atoms with Crippen LogP contribution in [-0.2, 0) is 6.61 Å². The first-order valence-electron chi connectivity index (χ1n) is 4.48. The van der Waals surface area contributed by atoms with E-state index in [-0.39, 0.29) is 17.9 Å². The molecule has 0 fully saturated rings. The Balaban J connectivity index is 2.88. The second kappa shape index (κ2) is 5.50. The largest absolute Gasteiger partial charge is 0.494 e. The normalized spacial score (nSPS) is 10.5. The Bertz CT molecular complexity index is 316. The summed E-state index contributed by atoms with van der Waals surface area (Å²) in [5.74, 6) is 0.485. The molecular weight excluding hydrogens is 206 g/mol. The summed E-state index contributed by atoms with van der Waals surface area (Å²) in [5, 5.41) is 8.94. The van der Waals surface area contributed by atoms with Gasteiger partial charge in [-0.1, -0.05) is 0 Å². The van der Waals surface area contributed by atoms with Crippen LogP contribution in [0.4, 0.5) is 8.78 Å². The molecule has 0 aliphatic rings. The molecule has 15 heavy (non-hydrogen) atoms. The molecule has 0 aromatic heterocycles. The van der Waals surface area contributed by atoms with E-state index in [0.717, 1.165) is 0 Å². The van der Waals surface area contributed by atoms with Gasteiger partial charge in [0.2, 0.25) is 0 Å². The average Bonchev–Trinajstić information content (AvgIpc) is 2.20. The fourth-order valence-electron chi connectivity index (χ4n) is 1.15. The van der Waals surface area contributed by atoms with Crippen LogP contribution in [-0.4, -0.2) is 18.3 Å². The molecule has 84 valence electrons. The van der Waals surface area contributed by atoms with Crippen molar-refractivity contribution in [1.29, 1.82) is 0 Å². The first kappa shape index (κ1) is 11.7. The van der Waals surface area contributed by atoms with Crippen LogP contribution in [0.3, 0.4) is 0 Å². The van der Waals surface area contributed by atoms with E-state index in [9.17, 15) is 8.78 Å². The summed E-state index contributed by atoms with van der Waals surface area (Å²) in [4.78, 5) is 0. The summed E-state index contributed by atoms with van der Waals surface area (Å²) < 4.78 is 33.3. The maximum Gasteiger partial charge on any atom is 0.387 e. The van der Waals surface area contributed by atoms with Gasteiger partial charge in [-0.3, -0.25) is 0 Å². The minimum Gasteiger partial charge on any atom is -0.494 e. The van der Waals surface area contributed by atoms with Crippen LogP contribution in [0.15, 0.2) is 18.2 Å². The van der Waals surface area contributed by atoms with Gasteiger partial charge in [0, 0.05) is 5.56 Å². The van der Waals surface area contributed by atoms with Crippen LogP contribution in [0, 0.1) is 0 Å². The standard InChI is InChI=1S/C10H12F2O3/c1-2-14-8-3-4-9(15-10(11)12)7(5-8)6-13/h3-5,10,13H,2,6H2,1H3. The van der Waals surface area contributed by atoms with Crippen LogP contribution in [0.1, 0.15) is 12.5 Å². The van der Waals surface area contributed by atoms with Gasteiger partial charge in [0.05, 0.1) is 13.2 Å². The van der Waals surface area contributed by atoms with E-state index in [2.05, 4.69) is 4.74 Å². The molecule has 1 N–H and O–H groups in total. The monoisotopic (exact) mass is 218 g/mol. The van der Waals surface area contributed by atoms with E-state index < -0.39 is 6.61 Å². The van der Waals surface area contributed by atoms with E-state index in [1.54, 1.807) is 0 Å². The Hall–Kier alpha value is -1.36. The summed E-state index contributed by atoms with van der Waals surface area (Å²) in [6.45, 7) is -0.987. The number of ether oxygens (including phenoxy) is 2. The predicted molar refractivity (Wildman–Crippen MR) is 50.2 cm³/mol. The number of halogens is 2. The molecule has 0 radical (unpaired) electrons. The smallest absolute Gasteiger partial charge is 0.387 e. The molecule has 0 atom stereocenters. The van der Waals surface area contributed by atoms with Crippen molar-refractivity contribution in [2.75, 3.05) is 6.61 Å². The van der Waals surface area contributed by atoms with Crippen molar-refractivity contribution in [3.8, 4) is 11.5 Å². The van der Waals surface area contributed by atoms with E-state index in [0.29, 0.717) is 12.4 Å². The number of aliphatic hydroxyl groups is 1. The highest BCUT2D eigenvalue weighted by Crippen LogP contribution is 2.25. The molecule has 0 aliphatic heterocycles. The molecule has 0 spiro atoms. The van der Waals surface area contributed by atoms with Crippen molar-refractivity contribution in [2.45, 2.75) is 20.1 Å². The Kier molecular flexibility index (Phi) is 4.30. The summed E-state index contributed by atoms with van der Waals surface area (Å²) >= 11 is 0. The first-order chi connectivity index (χ1) is 7.17. The van der Waals surface area contributed by atoms with Crippen molar-refractivity contribution in [2.24, 2.45) is 0 Å². The van der Waals surface area contributed by atoms with Crippen LogP contribution in [0.5, 0.6) is 11.5 Å². The number of hydrogen-bond acceptors (Lipinski definition) is 3. The fourth-order valence-corrected chi connectivity index (χ4v) is 1.15. The molecule has 0 saturated heterocycles. The topological polar surface area (TPSA) is 38.7 Å². The number of benzene rings is 1. The Labute approximate surface area is 86.2 Å². The van der Waals surface area contributed by atoms with Crippen molar-refractivity contribution < 1.29 is 23.4 Å². The zero-order chi connectivity index (χ0) is 11.3. The summed E-state index contributed by atoms with van der Waals surface area (Å²) in [6.07, 6.45) is 0. The molecule has 1 aromatic rings. The molecule has 1 rings (SSSR count). The van der Waals surface area contributed by atoms with E-state index in [1.807, 2.05) is 6.92 Å². The predicted octanol–water partition coefficient (Wildman–Crippen LogP) is 2.18. The Morgan fingerprint density at radius 2 is 2.13 bits per heavy atom. The third-order valence-corrected chi connectivity index (χ3v) is 1.73. The van der Waals surface area contributed by atoms with Gasteiger partial charge >= 0.3 is 6.61 Å². The third kappa shape index (κ3) is 3.36. The second-order valence-electron chi connectivity index (χ2n) is 2.74. The summed E-state index contributed by atoms with van der Waals surface area (Å²) in [7, 11) is 0. The molecule has 3 nitrogen and oxygen atoms in total. The van der Waals surface area contributed by atoms with Gasteiger partial charge in [0.15, 0.2) is 0 Å². The summed E-state index contributed by atoms with van der Waals surface area (Å²) in [6, 6.07) is 4.34. The lowest BCUT2D eigenvalue weighted by atomic mass is 10.2. The number of aliphatic hydroxyl groups excluding tert-OH is 1. The van der Waals surface area contributed by atoms with Crippen molar-refractivity contribution in [3.05, 3.63) is 23.8 Å². The highest BCUT2D eigenvalue weighted by atomic mass is 19.3. The molecule has 0 saturated carbocycles. The van der Waals surface area contributed by atoms with Crippen molar-refractivity contribution in [1.82, 2.24) is 0 Å². The van der Waals surface area contributed by atoms with Gasteiger partial charge in [-0.15, -0.1) is 0 Å². The molecule has 0 aliphatic carbocycles. The second-order valence-corrected chi connectivity index (χ2v) is 2.74. The molecular formula is C10H12F2O3. The molecule has 0 unspecified atom stereocenters. The van der Waals surface area contributed by atoms with Gasteiger partial charge in [-0.05, 0) is 25.1 Å². The maximum absolute atomic E-state index is 12.0.